The first-order valence-electron chi connectivity index (χ1n) is 7.91. The normalized spacial score (nSPS) is 24.0. The van der Waals surface area contributed by atoms with E-state index in [0.29, 0.717) is 17.6 Å². The molecule has 0 bridgehead atoms. The third kappa shape index (κ3) is 2.73. The summed E-state index contributed by atoms with van der Waals surface area (Å²) in [5.74, 6) is 3.32. The van der Waals surface area contributed by atoms with Gasteiger partial charge in [0.25, 0.3) is 0 Å². The quantitative estimate of drug-likeness (QED) is 0.635. The number of cyclic esters (lactones) is 1. The largest absolute Gasteiger partial charge is 0.497 e. The van der Waals surface area contributed by atoms with Gasteiger partial charge in [-0.2, -0.15) is 0 Å². The number of hydrogen-bond acceptors (Lipinski definition) is 5. The van der Waals surface area contributed by atoms with E-state index in [4.69, 9.17) is 13.9 Å². The standard InChI is InChI=1S/C19H17NO4/c1-11-9-15(11)17-8-7-14(23-17)10-16-19(21)24-18(20-16)12-3-5-13(22-2)6-4-12/h3-8,10-11,15H,9H2,1-2H3/b16-10-. The summed E-state index contributed by atoms with van der Waals surface area (Å²) in [5, 5.41) is 0. The molecule has 5 nitrogen and oxygen atoms in total. The van der Waals surface area contributed by atoms with E-state index in [1.165, 1.54) is 0 Å². The predicted octanol–water partition coefficient (Wildman–Crippen LogP) is 3.76. The number of ether oxygens (including phenoxy) is 2. The van der Waals surface area contributed by atoms with Crippen LogP contribution in [0.25, 0.3) is 6.08 Å². The molecule has 0 N–H and O–H groups in total. The fraction of sp³-hybridized carbons (Fsp3) is 0.263. The van der Waals surface area contributed by atoms with E-state index in [1.54, 1.807) is 37.5 Å². The van der Waals surface area contributed by atoms with Crippen molar-refractivity contribution in [2.45, 2.75) is 19.3 Å². The van der Waals surface area contributed by atoms with E-state index in [2.05, 4.69) is 11.9 Å². The lowest BCUT2D eigenvalue weighted by molar-refractivity contribution is -0.129. The Labute approximate surface area is 139 Å². The second kappa shape index (κ2) is 5.67. The summed E-state index contributed by atoms with van der Waals surface area (Å²) >= 11 is 0. The molecule has 1 aliphatic heterocycles. The number of furan rings is 1. The van der Waals surface area contributed by atoms with Crippen LogP contribution in [0.1, 0.15) is 36.3 Å². The molecule has 1 aromatic heterocycles. The highest BCUT2D eigenvalue weighted by Crippen LogP contribution is 2.47. The zero-order valence-corrected chi connectivity index (χ0v) is 13.5. The van der Waals surface area contributed by atoms with Gasteiger partial charge in [-0.25, -0.2) is 9.79 Å². The monoisotopic (exact) mass is 323 g/mol. The average molecular weight is 323 g/mol. The summed E-state index contributed by atoms with van der Waals surface area (Å²) in [7, 11) is 1.60. The van der Waals surface area contributed by atoms with Crippen molar-refractivity contribution in [1.29, 1.82) is 0 Å². The summed E-state index contributed by atoms with van der Waals surface area (Å²) in [5.41, 5.74) is 0.963. The number of aliphatic imine (C=N–C) groups is 1. The van der Waals surface area contributed by atoms with Gasteiger partial charge < -0.3 is 13.9 Å². The molecular formula is C19H17NO4. The lowest BCUT2D eigenvalue weighted by Gasteiger charge is -2.01. The van der Waals surface area contributed by atoms with Crippen LogP contribution in [-0.4, -0.2) is 19.0 Å². The van der Waals surface area contributed by atoms with Crippen molar-refractivity contribution in [2.75, 3.05) is 7.11 Å². The molecule has 2 heterocycles. The van der Waals surface area contributed by atoms with Gasteiger partial charge in [0, 0.05) is 17.6 Å². The maximum absolute atomic E-state index is 12.0. The molecule has 4 rings (SSSR count). The Morgan fingerprint density at radius 3 is 2.62 bits per heavy atom. The minimum Gasteiger partial charge on any atom is -0.497 e. The number of methoxy groups -OCH3 is 1. The fourth-order valence-corrected chi connectivity index (χ4v) is 2.76. The Morgan fingerprint density at radius 2 is 1.96 bits per heavy atom. The molecule has 2 aromatic rings. The summed E-state index contributed by atoms with van der Waals surface area (Å²) < 4.78 is 16.2. The fourth-order valence-electron chi connectivity index (χ4n) is 2.76. The van der Waals surface area contributed by atoms with Crippen LogP contribution in [0.15, 0.2) is 51.5 Å². The molecule has 2 aliphatic rings. The van der Waals surface area contributed by atoms with Crippen LogP contribution in [0.2, 0.25) is 0 Å². The van der Waals surface area contributed by atoms with Gasteiger partial charge in [0.05, 0.1) is 7.11 Å². The molecule has 5 heteroatoms. The second-order valence-electron chi connectivity index (χ2n) is 6.12. The number of nitrogens with zero attached hydrogens (tertiary/aromatic N) is 1. The Bertz CT molecular complexity index is 845. The number of hydrogen-bond donors (Lipinski definition) is 0. The maximum atomic E-state index is 12.0. The van der Waals surface area contributed by atoms with Crippen molar-refractivity contribution in [3.63, 3.8) is 0 Å². The molecule has 2 atom stereocenters. The summed E-state index contributed by atoms with van der Waals surface area (Å²) in [4.78, 5) is 16.3. The first-order chi connectivity index (χ1) is 11.6. The number of carbonyl (C=O) groups is 1. The molecule has 1 aromatic carbocycles. The SMILES string of the molecule is COc1ccc(C2=N/C(=C\c3ccc(C4CC4C)o3)C(=O)O2)cc1. The van der Waals surface area contributed by atoms with Gasteiger partial charge in [0.2, 0.25) is 5.90 Å². The van der Waals surface area contributed by atoms with E-state index >= 15 is 0 Å². The summed E-state index contributed by atoms with van der Waals surface area (Å²) in [6.45, 7) is 2.20. The van der Waals surface area contributed by atoms with Crippen molar-refractivity contribution in [3.05, 3.63) is 59.2 Å². The number of carbonyl (C=O) groups excluding carboxylic acids is 1. The lowest BCUT2D eigenvalue weighted by Crippen LogP contribution is -2.05. The van der Waals surface area contributed by atoms with Gasteiger partial charge >= 0.3 is 5.97 Å². The van der Waals surface area contributed by atoms with Crippen LogP contribution in [0.3, 0.4) is 0 Å². The van der Waals surface area contributed by atoms with Gasteiger partial charge in [0.15, 0.2) is 5.70 Å². The maximum Gasteiger partial charge on any atom is 0.363 e. The summed E-state index contributed by atoms with van der Waals surface area (Å²) in [6.07, 6.45) is 2.78. The van der Waals surface area contributed by atoms with Crippen LogP contribution in [0, 0.1) is 5.92 Å². The topological polar surface area (TPSA) is 61.0 Å². The number of esters is 1. The van der Waals surface area contributed by atoms with Crippen LogP contribution >= 0.6 is 0 Å². The highest BCUT2D eigenvalue weighted by atomic mass is 16.6. The van der Waals surface area contributed by atoms with E-state index in [0.717, 1.165) is 23.5 Å². The van der Waals surface area contributed by atoms with E-state index < -0.39 is 5.97 Å². The van der Waals surface area contributed by atoms with Gasteiger partial charge in [-0.1, -0.05) is 6.92 Å². The highest BCUT2D eigenvalue weighted by Gasteiger charge is 2.36. The third-order valence-electron chi connectivity index (χ3n) is 4.36. The van der Waals surface area contributed by atoms with E-state index in [-0.39, 0.29) is 11.6 Å². The molecule has 1 saturated carbocycles. The predicted molar refractivity (Wildman–Crippen MR) is 88.8 cm³/mol. The van der Waals surface area contributed by atoms with Crippen LogP contribution in [0.5, 0.6) is 5.75 Å². The molecule has 0 radical (unpaired) electrons. The molecular weight excluding hydrogens is 306 g/mol. The first-order valence-corrected chi connectivity index (χ1v) is 7.91. The smallest absolute Gasteiger partial charge is 0.363 e. The molecule has 0 saturated heterocycles. The number of benzene rings is 1. The molecule has 1 aliphatic carbocycles. The van der Waals surface area contributed by atoms with Crippen molar-refractivity contribution in [1.82, 2.24) is 0 Å². The van der Waals surface area contributed by atoms with Crippen molar-refractivity contribution < 1.29 is 18.7 Å². The average Bonchev–Trinajstić information content (AvgIpc) is 2.98. The Balaban J connectivity index is 1.57. The Morgan fingerprint density at radius 1 is 1.21 bits per heavy atom. The van der Waals surface area contributed by atoms with Crippen LogP contribution in [0.4, 0.5) is 0 Å². The lowest BCUT2D eigenvalue weighted by atomic mass is 10.2. The van der Waals surface area contributed by atoms with E-state index in [9.17, 15) is 4.79 Å². The highest BCUT2D eigenvalue weighted by molar-refractivity contribution is 6.12. The molecule has 0 amide bonds. The van der Waals surface area contributed by atoms with Gasteiger partial charge in [-0.15, -0.1) is 0 Å². The van der Waals surface area contributed by atoms with Crippen molar-refractivity contribution in [2.24, 2.45) is 10.9 Å². The molecule has 0 spiro atoms. The van der Waals surface area contributed by atoms with Crippen LogP contribution < -0.4 is 4.74 Å². The molecule has 1 fully saturated rings. The van der Waals surface area contributed by atoms with Gasteiger partial charge in [-0.05, 0) is 48.7 Å². The van der Waals surface area contributed by atoms with Gasteiger partial charge in [0.1, 0.15) is 17.3 Å². The van der Waals surface area contributed by atoms with Gasteiger partial charge in [-0.3, -0.25) is 0 Å². The van der Waals surface area contributed by atoms with E-state index in [1.807, 2.05) is 12.1 Å². The summed E-state index contributed by atoms with van der Waals surface area (Å²) in [6, 6.07) is 11.0. The molecule has 2 unspecified atom stereocenters. The third-order valence-corrected chi connectivity index (χ3v) is 4.36. The van der Waals surface area contributed by atoms with Crippen molar-refractivity contribution in [3.8, 4) is 5.75 Å². The van der Waals surface area contributed by atoms with Crippen molar-refractivity contribution >= 4 is 17.9 Å². The first kappa shape index (κ1) is 14.8. The molecule has 24 heavy (non-hydrogen) atoms. The molecule has 122 valence electrons. The van der Waals surface area contributed by atoms with Crippen LogP contribution in [-0.2, 0) is 9.53 Å². The zero-order valence-electron chi connectivity index (χ0n) is 13.5. The second-order valence-corrected chi connectivity index (χ2v) is 6.12. The number of rotatable bonds is 4. The minimum atomic E-state index is -0.474. The Hall–Kier alpha value is -2.82. The Kier molecular flexibility index (Phi) is 3.49. The minimum absolute atomic E-state index is 0.241. The zero-order chi connectivity index (χ0) is 16.7.